The first-order valence-corrected chi connectivity index (χ1v) is 6.07. The van der Waals surface area contributed by atoms with Crippen LogP contribution in [-0.4, -0.2) is 22.2 Å². The van der Waals surface area contributed by atoms with Gasteiger partial charge in [0.1, 0.15) is 0 Å². The van der Waals surface area contributed by atoms with Gasteiger partial charge in [0.15, 0.2) is 0 Å². The SMILES string of the molecule is Cc1cc(NCC2(O)CCCCC2)ccn1. The quantitative estimate of drug-likeness (QED) is 0.822. The first kappa shape index (κ1) is 11.4. The van der Waals surface area contributed by atoms with Crippen LogP contribution in [-0.2, 0) is 0 Å². The molecule has 1 aromatic heterocycles. The Morgan fingerprint density at radius 2 is 2.12 bits per heavy atom. The predicted molar refractivity (Wildman–Crippen MR) is 65.5 cm³/mol. The maximum atomic E-state index is 10.3. The fraction of sp³-hybridized carbons (Fsp3) is 0.615. The molecule has 0 radical (unpaired) electrons. The summed E-state index contributed by atoms with van der Waals surface area (Å²) in [4.78, 5) is 4.15. The standard InChI is InChI=1S/C13H20N2O/c1-11-9-12(5-8-14-11)15-10-13(16)6-3-2-4-7-13/h5,8-9,16H,2-4,6-7,10H2,1H3,(H,14,15). The molecule has 2 rings (SSSR count). The van der Waals surface area contributed by atoms with Gasteiger partial charge in [-0.3, -0.25) is 4.98 Å². The topological polar surface area (TPSA) is 45.1 Å². The lowest BCUT2D eigenvalue weighted by atomic mass is 9.85. The van der Waals surface area contributed by atoms with Crippen LogP contribution in [0.3, 0.4) is 0 Å². The van der Waals surface area contributed by atoms with Gasteiger partial charge in [-0.2, -0.15) is 0 Å². The van der Waals surface area contributed by atoms with E-state index < -0.39 is 5.60 Å². The fourth-order valence-corrected chi connectivity index (χ4v) is 2.31. The second-order valence-electron chi connectivity index (χ2n) is 4.82. The van der Waals surface area contributed by atoms with Crippen LogP contribution >= 0.6 is 0 Å². The van der Waals surface area contributed by atoms with Crippen LogP contribution in [0.15, 0.2) is 18.3 Å². The number of hydrogen-bond acceptors (Lipinski definition) is 3. The van der Waals surface area contributed by atoms with Crippen molar-refractivity contribution in [2.75, 3.05) is 11.9 Å². The van der Waals surface area contributed by atoms with Crippen LogP contribution in [0.25, 0.3) is 0 Å². The number of aliphatic hydroxyl groups is 1. The second kappa shape index (κ2) is 4.83. The number of aromatic nitrogens is 1. The molecule has 0 saturated heterocycles. The van der Waals surface area contributed by atoms with Crippen molar-refractivity contribution in [3.63, 3.8) is 0 Å². The summed E-state index contributed by atoms with van der Waals surface area (Å²) in [6, 6.07) is 3.95. The number of nitrogens with one attached hydrogen (secondary N) is 1. The van der Waals surface area contributed by atoms with E-state index in [1.165, 1.54) is 6.42 Å². The van der Waals surface area contributed by atoms with E-state index in [0.717, 1.165) is 37.1 Å². The van der Waals surface area contributed by atoms with Gasteiger partial charge in [-0.15, -0.1) is 0 Å². The molecule has 3 heteroatoms. The van der Waals surface area contributed by atoms with E-state index in [-0.39, 0.29) is 0 Å². The summed E-state index contributed by atoms with van der Waals surface area (Å²) in [5.74, 6) is 0. The molecule has 0 aliphatic heterocycles. The molecule has 16 heavy (non-hydrogen) atoms. The highest BCUT2D eigenvalue weighted by Crippen LogP contribution is 2.28. The van der Waals surface area contributed by atoms with Gasteiger partial charge in [-0.1, -0.05) is 19.3 Å². The van der Waals surface area contributed by atoms with Gasteiger partial charge < -0.3 is 10.4 Å². The third-order valence-corrected chi connectivity index (χ3v) is 3.30. The van der Waals surface area contributed by atoms with Crippen molar-refractivity contribution in [3.05, 3.63) is 24.0 Å². The molecule has 1 aliphatic carbocycles. The average Bonchev–Trinajstić information content (AvgIpc) is 2.28. The molecular weight excluding hydrogens is 200 g/mol. The molecule has 0 aromatic carbocycles. The molecule has 1 aliphatic rings. The van der Waals surface area contributed by atoms with Crippen molar-refractivity contribution in [2.24, 2.45) is 0 Å². The molecule has 2 N–H and O–H groups in total. The van der Waals surface area contributed by atoms with Crippen molar-refractivity contribution in [1.82, 2.24) is 4.98 Å². The number of pyridine rings is 1. The van der Waals surface area contributed by atoms with Gasteiger partial charge in [0, 0.05) is 24.1 Å². The van der Waals surface area contributed by atoms with Crippen LogP contribution in [0.5, 0.6) is 0 Å². The summed E-state index contributed by atoms with van der Waals surface area (Å²) in [6.45, 7) is 2.62. The molecule has 1 heterocycles. The van der Waals surface area contributed by atoms with Gasteiger partial charge in [-0.05, 0) is 31.9 Å². The van der Waals surface area contributed by atoms with E-state index >= 15 is 0 Å². The normalized spacial score (nSPS) is 19.4. The summed E-state index contributed by atoms with van der Waals surface area (Å²) in [5, 5.41) is 13.6. The minimum Gasteiger partial charge on any atom is -0.388 e. The van der Waals surface area contributed by atoms with E-state index in [2.05, 4.69) is 10.3 Å². The largest absolute Gasteiger partial charge is 0.388 e. The Morgan fingerprint density at radius 3 is 2.81 bits per heavy atom. The van der Waals surface area contributed by atoms with E-state index in [0.29, 0.717) is 6.54 Å². The highest BCUT2D eigenvalue weighted by atomic mass is 16.3. The first-order chi connectivity index (χ1) is 7.68. The zero-order chi connectivity index (χ0) is 11.4. The zero-order valence-corrected chi connectivity index (χ0v) is 9.87. The number of nitrogens with zero attached hydrogens (tertiary/aromatic N) is 1. The first-order valence-electron chi connectivity index (χ1n) is 6.07. The highest BCUT2D eigenvalue weighted by molar-refractivity contribution is 5.43. The zero-order valence-electron chi connectivity index (χ0n) is 9.87. The maximum Gasteiger partial charge on any atom is 0.0819 e. The molecule has 88 valence electrons. The molecule has 0 spiro atoms. The van der Waals surface area contributed by atoms with Crippen molar-refractivity contribution in [2.45, 2.75) is 44.6 Å². The molecular formula is C13H20N2O. The Morgan fingerprint density at radius 1 is 1.38 bits per heavy atom. The minimum atomic E-state index is -0.505. The lowest BCUT2D eigenvalue weighted by Crippen LogP contribution is -2.38. The summed E-state index contributed by atoms with van der Waals surface area (Å²) < 4.78 is 0. The molecule has 0 amide bonds. The molecule has 1 saturated carbocycles. The van der Waals surface area contributed by atoms with Crippen molar-refractivity contribution >= 4 is 5.69 Å². The Bertz CT molecular complexity index is 346. The van der Waals surface area contributed by atoms with Crippen molar-refractivity contribution < 1.29 is 5.11 Å². The average molecular weight is 220 g/mol. The molecule has 0 bridgehead atoms. The van der Waals surface area contributed by atoms with Crippen molar-refractivity contribution in [1.29, 1.82) is 0 Å². The fourth-order valence-electron chi connectivity index (χ4n) is 2.31. The molecule has 3 nitrogen and oxygen atoms in total. The van der Waals surface area contributed by atoms with Gasteiger partial charge in [-0.25, -0.2) is 0 Å². The number of anilines is 1. The summed E-state index contributed by atoms with van der Waals surface area (Å²) >= 11 is 0. The molecule has 1 fully saturated rings. The summed E-state index contributed by atoms with van der Waals surface area (Å²) in [7, 11) is 0. The Kier molecular flexibility index (Phi) is 3.44. The van der Waals surface area contributed by atoms with Gasteiger partial charge in [0.25, 0.3) is 0 Å². The monoisotopic (exact) mass is 220 g/mol. The molecule has 0 atom stereocenters. The lowest BCUT2D eigenvalue weighted by Gasteiger charge is -2.32. The smallest absolute Gasteiger partial charge is 0.0819 e. The van der Waals surface area contributed by atoms with Crippen LogP contribution in [0.1, 0.15) is 37.8 Å². The molecule has 1 aromatic rings. The van der Waals surface area contributed by atoms with E-state index in [4.69, 9.17) is 0 Å². The highest BCUT2D eigenvalue weighted by Gasteiger charge is 2.28. The van der Waals surface area contributed by atoms with E-state index in [9.17, 15) is 5.11 Å². The number of rotatable bonds is 3. The van der Waals surface area contributed by atoms with Crippen molar-refractivity contribution in [3.8, 4) is 0 Å². The van der Waals surface area contributed by atoms with Crippen LogP contribution in [0, 0.1) is 6.92 Å². The Hall–Kier alpha value is -1.09. The number of hydrogen-bond donors (Lipinski definition) is 2. The number of aryl methyl sites for hydroxylation is 1. The third-order valence-electron chi connectivity index (χ3n) is 3.30. The Balaban J connectivity index is 1.91. The van der Waals surface area contributed by atoms with E-state index in [1.54, 1.807) is 6.20 Å². The van der Waals surface area contributed by atoms with Gasteiger partial charge in [0.05, 0.1) is 5.60 Å². The second-order valence-corrected chi connectivity index (χ2v) is 4.82. The third kappa shape index (κ3) is 2.95. The summed E-state index contributed by atoms with van der Waals surface area (Å²) in [5.41, 5.74) is 1.54. The van der Waals surface area contributed by atoms with Gasteiger partial charge >= 0.3 is 0 Å². The Labute approximate surface area is 96.9 Å². The maximum absolute atomic E-state index is 10.3. The predicted octanol–water partition coefficient (Wildman–Crippen LogP) is 2.50. The van der Waals surface area contributed by atoms with Crippen LogP contribution in [0.4, 0.5) is 5.69 Å². The molecule has 0 unspecified atom stereocenters. The summed E-state index contributed by atoms with van der Waals surface area (Å²) in [6.07, 6.45) is 7.19. The minimum absolute atomic E-state index is 0.505. The van der Waals surface area contributed by atoms with Crippen LogP contribution < -0.4 is 5.32 Å². The van der Waals surface area contributed by atoms with Crippen LogP contribution in [0.2, 0.25) is 0 Å². The van der Waals surface area contributed by atoms with Gasteiger partial charge in [0.2, 0.25) is 0 Å². The lowest BCUT2D eigenvalue weighted by molar-refractivity contribution is 0.0167. The van der Waals surface area contributed by atoms with E-state index in [1.807, 2.05) is 19.1 Å².